The van der Waals surface area contributed by atoms with Crippen LogP contribution in [0.5, 0.6) is 11.5 Å². The minimum Gasteiger partial charge on any atom is -0.497 e. The SMILES string of the molecule is COCCCN1CCOc2ccc(CO[C@H]3CN(S(=O)(=O)c4ccc(C)cc4)[C@H](CC[C@@H](C)O)C[C@@H]3c3ccc(OC)cc3)cc21. The van der Waals surface area contributed by atoms with Gasteiger partial charge < -0.3 is 29.0 Å². The Labute approximate surface area is 274 Å². The van der Waals surface area contributed by atoms with E-state index in [4.69, 9.17) is 18.9 Å². The van der Waals surface area contributed by atoms with E-state index >= 15 is 0 Å². The fourth-order valence-corrected chi connectivity index (χ4v) is 8.14. The van der Waals surface area contributed by atoms with Crippen molar-refractivity contribution in [2.75, 3.05) is 52.0 Å². The maximum absolute atomic E-state index is 14.2. The first-order valence-electron chi connectivity index (χ1n) is 16.2. The first kappa shape index (κ1) is 34.2. The second-order valence-corrected chi connectivity index (χ2v) is 14.3. The first-order valence-corrected chi connectivity index (χ1v) is 17.7. The van der Waals surface area contributed by atoms with Gasteiger partial charge in [0.25, 0.3) is 0 Å². The summed E-state index contributed by atoms with van der Waals surface area (Å²) in [5.41, 5.74) is 4.11. The number of rotatable bonds is 14. The second kappa shape index (κ2) is 15.6. The molecule has 4 atom stereocenters. The van der Waals surface area contributed by atoms with Crippen LogP contribution in [0, 0.1) is 6.92 Å². The number of benzene rings is 3. The molecule has 0 radical (unpaired) electrons. The minimum absolute atomic E-state index is 0.0547. The lowest BCUT2D eigenvalue weighted by Crippen LogP contribution is -2.52. The third-order valence-electron chi connectivity index (χ3n) is 9.05. The summed E-state index contributed by atoms with van der Waals surface area (Å²) in [7, 11) is -0.460. The highest BCUT2D eigenvalue weighted by Crippen LogP contribution is 2.40. The number of anilines is 1. The highest BCUT2D eigenvalue weighted by atomic mass is 32.2. The van der Waals surface area contributed by atoms with E-state index in [2.05, 4.69) is 11.0 Å². The maximum atomic E-state index is 14.2. The summed E-state index contributed by atoms with van der Waals surface area (Å²) in [6.45, 7) is 7.24. The summed E-state index contributed by atoms with van der Waals surface area (Å²) >= 11 is 0. The first-order chi connectivity index (χ1) is 22.2. The van der Waals surface area contributed by atoms with Crippen LogP contribution in [0.3, 0.4) is 0 Å². The average Bonchev–Trinajstić information content (AvgIpc) is 3.06. The van der Waals surface area contributed by atoms with Crippen molar-refractivity contribution in [1.82, 2.24) is 4.31 Å². The Bertz CT molecular complexity index is 1510. The summed E-state index contributed by atoms with van der Waals surface area (Å²) < 4.78 is 53.3. The van der Waals surface area contributed by atoms with E-state index in [0.29, 0.717) is 39.1 Å². The fourth-order valence-electron chi connectivity index (χ4n) is 6.47. The van der Waals surface area contributed by atoms with E-state index < -0.39 is 22.2 Å². The topological polar surface area (TPSA) is 97.8 Å². The van der Waals surface area contributed by atoms with Crippen LogP contribution in [0.15, 0.2) is 71.6 Å². The number of aryl methyl sites for hydroxylation is 1. The summed E-state index contributed by atoms with van der Waals surface area (Å²) in [6.07, 6.45) is 1.61. The minimum atomic E-state index is -3.82. The molecule has 250 valence electrons. The van der Waals surface area contributed by atoms with Crippen LogP contribution in [0.2, 0.25) is 0 Å². The lowest BCUT2D eigenvalue weighted by Gasteiger charge is -2.43. The van der Waals surface area contributed by atoms with Crippen molar-refractivity contribution in [3.05, 3.63) is 83.4 Å². The van der Waals surface area contributed by atoms with Crippen LogP contribution in [0.4, 0.5) is 5.69 Å². The van der Waals surface area contributed by atoms with Crippen LogP contribution in [-0.4, -0.2) is 83.1 Å². The molecule has 2 aliphatic heterocycles. The maximum Gasteiger partial charge on any atom is 0.243 e. The Morgan fingerprint density at radius 3 is 2.50 bits per heavy atom. The van der Waals surface area contributed by atoms with E-state index in [9.17, 15) is 13.5 Å². The van der Waals surface area contributed by atoms with Gasteiger partial charge in [0.2, 0.25) is 10.0 Å². The Kier molecular flexibility index (Phi) is 11.6. The normalized spacial score (nSPS) is 21.0. The second-order valence-electron chi connectivity index (χ2n) is 12.4. The molecule has 3 aromatic carbocycles. The smallest absolute Gasteiger partial charge is 0.243 e. The largest absolute Gasteiger partial charge is 0.497 e. The van der Waals surface area contributed by atoms with Gasteiger partial charge in [-0.25, -0.2) is 8.42 Å². The number of aliphatic hydroxyl groups is 1. The number of hydrogen-bond donors (Lipinski definition) is 1. The van der Waals surface area contributed by atoms with Gasteiger partial charge in [-0.1, -0.05) is 35.9 Å². The number of fused-ring (bicyclic) bond motifs is 1. The number of nitrogens with zero attached hydrogens (tertiary/aromatic N) is 2. The monoisotopic (exact) mass is 652 g/mol. The summed E-state index contributed by atoms with van der Waals surface area (Å²) in [5.74, 6) is 1.57. The number of ether oxygens (including phenoxy) is 4. The Morgan fingerprint density at radius 2 is 1.80 bits per heavy atom. The molecule has 0 spiro atoms. The van der Waals surface area contributed by atoms with Crippen molar-refractivity contribution in [2.45, 2.75) is 75.2 Å². The molecule has 1 fully saturated rings. The van der Waals surface area contributed by atoms with E-state index in [-0.39, 0.29) is 23.4 Å². The van der Waals surface area contributed by atoms with Crippen LogP contribution in [0.1, 0.15) is 55.2 Å². The van der Waals surface area contributed by atoms with Crippen LogP contribution < -0.4 is 14.4 Å². The van der Waals surface area contributed by atoms with Crippen molar-refractivity contribution < 1.29 is 32.5 Å². The third-order valence-corrected chi connectivity index (χ3v) is 11.0. The number of sulfonamides is 1. The molecule has 0 saturated carbocycles. The summed E-state index contributed by atoms with van der Waals surface area (Å²) in [6, 6.07) is 20.8. The van der Waals surface area contributed by atoms with Crippen LogP contribution in [0.25, 0.3) is 0 Å². The highest BCUT2D eigenvalue weighted by Gasteiger charge is 2.43. The zero-order valence-electron chi connectivity index (χ0n) is 27.4. The molecule has 5 rings (SSSR count). The van der Waals surface area contributed by atoms with E-state index in [1.807, 2.05) is 55.5 Å². The average molecular weight is 653 g/mol. The molecule has 0 bridgehead atoms. The van der Waals surface area contributed by atoms with Gasteiger partial charge >= 0.3 is 0 Å². The zero-order chi connectivity index (χ0) is 32.7. The molecule has 2 heterocycles. The summed E-state index contributed by atoms with van der Waals surface area (Å²) in [4.78, 5) is 2.59. The number of piperidine rings is 1. The Hall–Kier alpha value is -3.15. The highest BCUT2D eigenvalue weighted by molar-refractivity contribution is 7.89. The lowest BCUT2D eigenvalue weighted by atomic mass is 9.82. The molecule has 3 aromatic rings. The number of methoxy groups -OCH3 is 2. The van der Waals surface area contributed by atoms with E-state index in [1.165, 1.54) is 0 Å². The number of hydrogen-bond acceptors (Lipinski definition) is 8. The zero-order valence-corrected chi connectivity index (χ0v) is 28.2. The van der Waals surface area contributed by atoms with Gasteiger partial charge in [0, 0.05) is 38.8 Å². The standard InChI is InChI=1S/C36H48N2O7S/c1-26-6-15-32(16-7-26)46(40,41)38-24-36(33(23-30(38)12-8-27(2)39)29-10-13-31(43-4)14-11-29)45-25-28-9-17-35-34(22-28)37(19-21-44-35)18-5-20-42-3/h6-7,9-11,13-17,22,27,30,33,36,39H,5,8,12,18-21,23-25H2,1-4H3/t27-,30-,33-,36+/m1/s1. The van der Waals surface area contributed by atoms with Gasteiger partial charge in [-0.05, 0) is 87.1 Å². The van der Waals surface area contributed by atoms with Crippen molar-refractivity contribution in [1.29, 1.82) is 0 Å². The Morgan fingerprint density at radius 1 is 1.04 bits per heavy atom. The third kappa shape index (κ3) is 8.22. The van der Waals surface area contributed by atoms with E-state index in [1.54, 1.807) is 37.6 Å². The molecule has 0 unspecified atom stereocenters. The molecule has 0 aromatic heterocycles. The summed E-state index contributed by atoms with van der Waals surface area (Å²) in [5, 5.41) is 10.2. The van der Waals surface area contributed by atoms with Crippen molar-refractivity contribution in [3.63, 3.8) is 0 Å². The quantitative estimate of drug-likeness (QED) is 0.227. The van der Waals surface area contributed by atoms with Crippen LogP contribution >= 0.6 is 0 Å². The van der Waals surface area contributed by atoms with Crippen LogP contribution in [-0.2, 0) is 26.1 Å². The molecule has 9 nitrogen and oxygen atoms in total. The van der Waals surface area contributed by atoms with Crippen molar-refractivity contribution in [2.24, 2.45) is 0 Å². The molecule has 46 heavy (non-hydrogen) atoms. The number of aliphatic hydroxyl groups excluding tert-OH is 1. The molecule has 1 saturated heterocycles. The van der Waals surface area contributed by atoms with Gasteiger partial charge in [0.15, 0.2) is 0 Å². The predicted molar refractivity (Wildman–Crippen MR) is 179 cm³/mol. The van der Waals surface area contributed by atoms with E-state index in [0.717, 1.165) is 53.4 Å². The molecule has 10 heteroatoms. The molecule has 1 N–H and O–H groups in total. The van der Waals surface area contributed by atoms with Crippen molar-refractivity contribution >= 4 is 15.7 Å². The van der Waals surface area contributed by atoms with Gasteiger partial charge in [-0.15, -0.1) is 0 Å². The van der Waals surface area contributed by atoms with Gasteiger partial charge in [0.05, 0.1) is 43.1 Å². The fraction of sp³-hybridized carbons (Fsp3) is 0.500. The molecular weight excluding hydrogens is 604 g/mol. The molecular formula is C36H48N2O7S. The lowest BCUT2D eigenvalue weighted by molar-refractivity contribution is -0.0221. The molecule has 2 aliphatic rings. The van der Waals surface area contributed by atoms with Gasteiger partial charge in [-0.3, -0.25) is 0 Å². The molecule has 0 amide bonds. The van der Waals surface area contributed by atoms with Gasteiger partial charge in [-0.2, -0.15) is 4.31 Å². The van der Waals surface area contributed by atoms with Gasteiger partial charge in [0.1, 0.15) is 18.1 Å². The van der Waals surface area contributed by atoms with Crippen molar-refractivity contribution in [3.8, 4) is 11.5 Å². The molecule has 0 aliphatic carbocycles. The Balaban J connectivity index is 1.44. The predicted octanol–water partition coefficient (Wildman–Crippen LogP) is 5.53.